The topological polar surface area (TPSA) is 26.0 Å². The van der Waals surface area contributed by atoms with Crippen molar-refractivity contribution in [2.75, 3.05) is 6.54 Å². The summed E-state index contributed by atoms with van der Waals surface area (Å²) in [5.41, 5.74) is 5.61. The van der Waals surface area contributed by atoms with E-state index in [1.807, 2.05) is 0 Å². The standard InChI is InChI=1S/C9H21N/c1-4-5-9(7-10)6-8(2)3/h8-9H,4-7,10H2,1-3H3/t9-/m1/s1. The van der Waals surface area contributed by atoms with Crippen LogP contribution < -0.4 is 5.73 Å². The summed E-state index contributed by atoms with van der Waals surface area (Å²) in [5, 5.41) is 0. The Bertz CT molecular complexity index is 69.1. The third-order valence-corrected chi connectivity index (χ3v) is 1.83. The number of hydrogen-bond acceptors (Lipinski definition) is 1. The first kappa shape index (κ1) is 9.96. The van der Waals surface area contributed by atoms with Crippen LogP contribution in [-0.2, 0) is 0 Å². The van der Waals surface area contributed by atoms with Crippen LogP contribution in [0.4, 0.5) is 0 Å². The highest BCUT2D eigenvalue weighted by atomic mass is 14.5. The molecule has 0 radical (unpaired) electrons. The first-order valence-electron chi connectivity index (χ1n) is 4.40. The van der Waals surface area contributed by atoms with Crippen LogP contribution in [-0.4, -0.2) is 6.54 Å². The smallest absolute Gasteiger partial charge is 0.00488 e. The summed E-state index contributed by atoms with van der Waals surface area (Å²) in [6, 6.07) is 0. The minimum absolute atomic E-state index is 0.769. The Balaban J connectivity index is 3.39. The van der Waals surface area contributed by atoms with E-state index in [1.165, 1.54) is 19.3 Å². The van der Waals surface area contributed by atoms with Crippen LogP contribution in [0.25, 0.3) is 0 Å². The highest BCUT2D eigenvalue weighted by molar-refractivity contribution is 4.60. The van der Waals surface area contributed by atoms with Crippen molar-refractivity contribution >= 4 is 0 Å². The van der Waals surface area contributed by atoms with E-state index in [0.717, 1.165) is 18.4 Å². The monoisotopic (exact) mass is 143 g/mol. The summed E-state index contributed by atoms with van der Waals surface area (Å²) in [7, 11) is 0. The number of hydrogen-bond donors (Lipinski definition) is 1. The first-order chi connectivity index (χ1) is 4.70. The van der Waals surface area contributed by atoms with Gasteiger partial charge in [-0.2, -0.15) is 0 Å². The van der Waals surface area contributed by atoms with Crippen molar-refractivity contribution in [3.8, 4) is 0 Å². The maximum Gasteiger partial charge on any atom is -0.00488 e. The molecule has 0 aromatic heterocycles. The van der Waals surface area contributed by atoms with Gasteiger partial charge in [0.25, 0.3) is 0 Å². The molecule has 0 rings (SSSR count). The zero-order chi connectivity index (χ0) is 7.98. The maximum absolute atomic E-state index is 5.61. The largest absolute Gasteiger partial charge is 0.330 e. The minimum Gasteiger partial charge on any atom is -0.330 e. The summed E-state index contributed by atoms with van der Waals surface area (Å²) in [6.07, 6.45) is 3.87. The number of nitrogens with two attached hydrogens (primary N) is 1. The van der Waals surface area contributed by atoms with Crippen molar-refractivity contribution < 1.29 is 0 Å². The van der Waals surface area contributed by atoms with Crippen molar-refractivity contribution in [3.05, 3.63) is 0 Å². The zero-order valence-electron chi connectivity index (χ0n) is 7.56. The highest BCUT2D eigenvalue weighted by Gasteiger charge is 2.06. The Morgan fingerprint density at radius 3 is 2.20 bits per heavy atom. The third-order valence-electron chi connectivity index (χ3n) is 1.83. The summed E-state index contributed by atoms with van der Waals surface area (Å²) in [4.78, 5) is 0. The Morgan fingerprint density at radius 1 is 1.30 bits per heavy atom. The Morgan fingerprint density at radius 2 is 1.90 bits per heavy atom. The first-order valence-corrected chi connectivity index (χ1v) is 4.40. The van der Waals surface area contributed by atoms with Gasteiger partial charge in [-0.3, -0.25) is 0 Å². The normalized spacial score (nSPS) is 14.1. The molecule has 0 aromatic rings. The predicted molar refractivity (Wildman–Crippen MR) is 46.9 cm³/mol. The predicted octanol–water partition coefficient (Wildman–Crippen LogP) is 2.41. The summed E-state index contributed by atoms with van der Waals surface area (Å²) < 4.78 is 0. The fraction of sp³-hybridized carbons (Fsp3) is 1.00. The van der Waals surface area contributed by atoms with Gasteiger partial charge in [-0.25, -0.2) is 0 Å². The molecule has 62 valence electrons. The summed E-state index contributed by atoms with van der Waals surface area (Å²) >= 11 is 0. The average molecular weight is 143 g/mol. The Labute approximate surface area is 65.0 Å². The van der Waals surface area contributed by atoms with E-state index in [0.29, 0.717) is 0 Å². The van der Waals surface area contributed by atoms with Crippen LogP contribution in [0.3, 0.4) is 0 Å². The van der Waals surface area contributed by atoms with Crippen LogP contribution in [0.15, 0.2) is 0 Å². The van der Waals surface area contributed by atoms with Gasteiger partial charge in [-0.05, 0) is 31.2 Å². The van der Waals surface area contributed by atoms with E-state index < -0.39 is 0 Å². The average Bonchev–Trinajstić information content (AvgIpc) is 1.86. The lowest BCUT2D eigenvalue weighted by Gasteiger charge is -2.15. The summed E-state index contributed by atoms with van der Waals surface area (Å²) in [5.74, 6) is 1.57. The number of rotatable bonds is 5. The molecule has 0 fully saturated rings. The van der Waals surface area contributed by atoms with Gasteiger partial charge in [0.05, 0.1) is 0 Å². The van der Waals surface area contributed by atoms with Gasteiger partial charge in [0, 0.05) is 0 Å². The summed E-state index contributed by atoms with van der Waals surface area (Å²) in [6.45, 7) is 7.62. The van der Waals surface area contributed by atoms with Crippen molar-refractivity contribution in [2.45, 2.75) is 40.0 Å². The van der Waals surface area contributed by atoms with Gasteiger partial charge in [0.1, 0.15) is 0 Å². The van der Waals surface area contributed by atoms with Crippen LogP contribution >= 0.6 is 0 Å². The van der Waals surface area contributed by atoms with E-state index in [9.17, 15) is 0 Å². The molecule has 0 heterocycles. The van der Waals surface area contributed by atoms with Gasteiger partial charge in [0.2, 0.25) is 0 Å². The molecular formula is C9H21N. The fourth-order valence-electron chi connectivity index (χ4n) is 1.41. The van der Waals surface area contributed by atoms with Gasteiger partial charge in [-0.1, -0.05) is 27.2 Å². The van der Waals surface area contributed by atoms with Gasteiger partial charge in [-0.15, -0.1) is 0 Å². The molecule has 0 unspecified atom stereocenters. The molecule has 0 amide bonds. The SMILES string of the molecule is CCC[C@@H](CN)CC(C)C. The molecular weight excluding hydrogens is 122 g/mol. The quantitative estimate of drug-likeness (QED) is 0.628. The molecule has 0 aliphatic carbocycles. The van der Waals surface area contributed by atoms with E-state index in [4.69, 9.17) is 5.73 Å². The molecule has 1 atom stereocenters. The van der Waals surface area contributed by atoms with E-state index in [2.05, 4.69) is 20.8 Å². The third kappa shape index (κ3) is 4.80. The van der Waals surface area contributed by atoms with Gasteiger partial charge in [0.15, 0.2) is 0 Å². The molecule has 0 saturated carbocycles. The molecule has 1 nitrogen and oxygen atoms in total. The van der Waals surface area contributed by atoms with Crippen LogP contribution in [0.1, 0.15) is 40.0 Å². The lowest BCUT2D eigenvalue weighted by Crippen LogP contribution is -2.15. The second-order valence-electron chi connectivity index (χ2n) is 3.52. The molecule has 0 saturated heterocycles. The van der Waals surface area contributed by atoms with Crippen LogP contribution in [0.2, 0.25) is 0 Å². The molecule has 1 heteroatoms. The lowest BCUT2D eigenvalue weighted by atomic mass is 9.93. The van der Waals surface area contributed by atoms with E-state index in [1.54, 1.807) is 0 Å². The highest BCUT2D eigenvalue weighted by Crippen LogP contribution is 2.15. The van der Waals surface area contributed by atoms with Crippen molar-refractivity contribution in [2.24, 2.45) is 17.6 Å². The van der Waals surface area contributed by atoms with Crippen molar-refractivity contribution in [3.63, 3.8) is 0 Å². The molecule has 2 N–H and O–H groups in total. The maximum atomic E-state index is 5.61. The molecule has 0 aromatic carbocycles. The zero-order valence-corrected chi connectivity index (χ0v) is 7.56. The molecule has 0 aliphatic rings. The van der Waals surface area contributed by atoms with Crippen molar-refractivity contribution in [1.82, 2.24) is 0 Å². The van der Waals surface area contributed by atoms with Gasteiger partial charge < -0.3 is 5.73 Å². The Hall–Kier alpha value is -0.0400. The molecule has 0 bridgehead atoms. The van der Waals surface area contributed by atoms with Crippen molar-refractivity contribution in [1.29, 1.82) is 0 Å². The minimum atomic E-state index is 0.769. The molecule has 0 spiro atoms. The molecule has 10 heavy (non-hydrogen) atoms. The lowest BCUT2D eigenvalue weighted by molar-refractivity contribution is 0.391. The van der Waals surface area contributed by atoms with E-state index in [-0.39, 0.29) is 0 Å². The van der Waals surface area contributed by atoms with Crippen LogP contribution in [0, 0.1) is 11.8 Å². The van der Waals surface area contributed by atoms with E-state index >= 15 is 0 Å². The second kappa shape index (κ2) is 5.72. The molecule has 0 aliphatic heterocycles. The fourth-order valence-corrected chi connectivity index (χ4v) is 1.41. The second-order valence-corrected chi connectivity index (χ2v) is 3.52. The van der Waals surface area contributed by atoms with Gasteiger partial charge >= 0.3 is 0 Å². The van der Waals surface area contributed by atoms with Crippen LogP contribution in [0.5, 0.6) is 0 Å². The Kier molecular flexibility index (Phi) is 5.70.